The molecule has 0 saturated heterocycles. The molecule has 0 aliphatic heterocycles. The molecule has 1 aromatic heterocycles. The molecule has 3 heteroatoms. The summed E-state index contributed by atoms with van der Waals surface area (Å²) in [5.74, 6) is 0.203. The summed E-state index contributed by atoms with van der Waals surface area (Å²) in [6, 6.07) is 4.43. The van der Waals surface area contributed by atoms with E-state index in [0.717, 1.165) is 18.5 Å². The lowest BCUT2D eigenvalue weighted by atomic mass is 9.67. The van der Waals surface area contributed by atoms with Gasteiger partial charge in [-0.1, -0.05) is 0 Å². The average Bonchev–Trinajstić information content (AvgIpc) is 2.68. The van der Waals surface area contributed by atoms with Crippen LogP contribution in [-0.2, 0) is 23.1 Å². The van der Waals surface area contributed by atoms with E-state index < -0.39 is 5.41 Å². The molecule has 2 aliphatic rings. The molecule has 0 amide bonds. The van der Waals surface area contributed by atoms with Crippen LogP contribution in [0.3, 0.4) is 0 Å². The van der Waals surface area contributed by atoms with Crippen molar-refractivity contribution in [2.45, 2.75) is 43.9 Å². The van der Waals surface area contributed by atoms with Gasteiger partial charge in [-0.2, -0.15) is 5.26 Å². The lowest BCUT2D eigenvalue weighted by Gasteiger charge is -2.32. The maximum atomic E-state index is 11.1. The van der Waals surface area contributed by atoms with Crippen molar-refractivity contribution in [2.24, 2.45) is 0 Å². The zero-order chi connectivity index (χ0) is 11.2. The Kier molecular flexibility index (Phi) is 1.94. The van der Waals surface area contributed by atoms with Gasteiger partial charge in [-0.25, -0.2) is 0 Å². The summed E-state index contributed by atoms with van der Waals surface area (Å²) in [5.41, 5.74) is 3.08. The minimum atomic E-state index is -0.533. The highest BCUT2D eigenvalue weighted by molar-refractivity contribution is 5.89. The summed E-state index contributed by atoms with van der Waals surface area (Å²) in [6.45, 7) is 0. The first-order valence-electron chi connectivity index (χ1n) is 5.88. The van der Waals surface area contributed by atoms with Gasteiger partial charge in [0.25, 0.3) is 0 Å². The van der Waals surface area contributed by atoms with Gasteiger partial charge in [0.05, 0.1) is 6.07 Å². The predicted octanol–water partition coefficient (Wildman–Crippen LogP) is 2.02. The predicted molar refractivity (Wildman–Crippen MR) is 59.0 cm³/mol. The Hall–Kier alpha value is -1.56. The van der Waals surface area contributed by atoms with Gasteiger partial charge in [0, 0.05) is 24.2 Å². The number of ketones is 1. The molecule has 82 valence electrons. The first-order valence-corrected chi connectivity index (χ1v) is 5.88. The Balaban J connectivity index is 1.98. The molecular weight excluding hydrogens is 200 g/mol. The van der Waals surface area contributed by atoms with Crippen LogP contribution in [0.2, 0.25) is 0 Å². The zero-order valence-electron chi connectivity index (χ0n) is 9.18. The van der Waals surface area contributed by atoms with Crippen LogP contribution < -0.4 is 0 Å². The molecule has 0 atom stereocenters. The summed E-state index contributed by atoms with van der Waals surface area (Å²) >= 11 is 0. The minimum Gasteiger partial charge on any atom is -0.361 e. The number of nitrogens with one attached hydrogen (secondary N) is 1. The van der Waals surface area contributed by atoms with Crippen LogP contribution >= 0.6 is 0 Å². The topological polar surface area (TPSA) is 56.6 Å². The van der Waals surface area contributed by atoms with Crippen LogP contribution in [0, 0.1) is 11.3 Å². The Morgan fingerprint density at radius 1 is 1.31 bits per heavy atom. The van der Waals surface area contributed by atoms with Crippen molar-refractivity contribution in [3.8, 4) is 6.07 Å². The van der Waals surface area contributed by atoms with E-state index in [9.17, 15) is 10.1 Å². The fourth-order valence-corrected chi connectivity index (χ4v) is 2.81. The van der Waals surface area contributed by atoms with Crippen molar-refractivity contribution in [3.05, 3.63) is 23.0 Å². The molecule has 0 unspecified atom stereocenters. The Labute approximate surface area is 94.5 Å². The van der Waals surface area contributed by atoms with E-state index in [-0.39, 0.29) is 5.78 Å². The number of Topliss-reactive ketones (excluding diaryl/α,β-unsaturated/α-hetero) is 1. The second-order valence-electron chi connectivity index (χ2n) is 4.98. The number of aryl methyl sites for hydroxylation is 2. The van der Waals surface area contributed by atoms with E-state index in [1.165, 1.54) is 24.1 Å². The van der Waals surface area contributed by atoms with E-state index in [2.05, 4.69) is 17.1 Å². The Morgan fingerprint density at radius 2 is 2.06 bits per heavy atom. The number of carbonyl (C=O) groups is 1. The van der Waals surface area contributed by atoms with Crippen LogP contribution in [0.4, 0.5) is 0 Å². The van der Waals surface area contributed by atoms with Crippen LogP contribution in [0.5, 0.6) is 0 Å². The summed E-state index contributed by atoms with van der Waals surface area (Å²) in [5, 5.41) is 9.25. The normalized spacial score (nSPS) is 22.1. The second-order valence-corrected chi connectivity index (χ2v) is 4.98. The summed E-state index contributed by atoms with van der Waals surface area (Å²) in [6.07, 6.45) is 5.45. The third-order valence-corrected chi connectivity index (χ3v) is 3.84. The van der Waals surface area contributed by atoms with E-state index >= 15 is 0 Å². The molecule has 1 aromatic rings. The second kappa shape index (κ2) is 3.21. The number of nitrogens with zero attached hydrogens (tertiary/aromatic N) is 1. The maximum Gasteiger partial charge on any atom is 0.136 e. The van der Waals surface area contributed by atoms with Gasteiger partial charge in [-0.15, -0.1) is 0 Å². The van der Waals surface area contributed by atoms with Gasteiger partial charge >= 0.3 is 0 Å². The van der Waals surface area contributed by atoms with Crippen molar-refractivity contribution in [1.29, 1.82) is 5.26 Å². The highest BCUT2D eigenvalue weighted by atomic mass is 16.1. The average molecular weight is 214 g/mol. The van der Waals surface area contributed by atoms with Gasteiger partial charge in [-0.05, 0) is 37.3 Å². The smallest absolute Gasteiger partial charge is 0.136 e. The fourth-order valence-electron chi connectivity index (χ4n) is 2.81. The SMILES string of the molecule is N#CC1(c2cc3c([nH]2)CCCC3)CC(=O)C1. The number of aromatic amines is 1. The molecular formula is C13H14N2O. The van der Waals surface area contributed by atoms with Crippen LogP contribution in [0.1, 0.15) is 42.6 Å². The summed E-state index contributed by atoms with van der Waals surface area (Å²) in [4.78, 5) is 14.5. The largest absolute Gasteiger partial charge is 0.361 e. The molecule has 3 nitrogen and oxygen atoms in total. The number of H-pyrrole nitrogens is 1. The Bertz CT molecular complexity index is 461. The lowest BCUT2D eigenvalue weighted by Crippen LogP contribution is -2.40. The molecule has 0 spiro atoms. The number of aromatic nitrogens is 1. The first-order chi connectivity index (χ1) is 7.73. The van der Waals surface area contributed by atoms with Crippen LogP contribution in [0.25, 0.3) is 0 Å². The van der Waals surface area contributed by atoms with Crippen molar-refractivity contribution in [3.63, 3.8) is 0 Å². The molecule has 0 aromatic carbocycles. The van der Waals surface area contributed by atoms with Crippen molar-refractivity contribution < 1.29 is 4.79 Å². The molecule has 1 heterocycles. The Morgan fingerprint density at radius 3 is 2.69 bits per heavy atom. The third-order valence-electron chi connectivity index (χ3n) is 3.84. The van der Waals surface area contributed by atoms with Crippen molar-refractivity contribution in [2.75, 3.05) is 0 Å². The maximum absolute atomic E-state index is 11.1. The molecule has 0 radical (unpaired) electrons. The number of rotatable bonds is 1. The van der Waals surface area contributed by atoms with Gasteiger partial charge in [0.2, 0.25) is 0 Å². The fraction of sp³-hybridized carbons (Fsp3) is 0.538. The molecule has 2 aliphatic carbocycles. The molecule has 0 bridgehead atoms. The van der Waals surface area contributed by atoms with E-state index in [0.29, 0.717) is 12.8 Å². The molecule has 16 heavy (non-hydrogen) atoms. The lowest BCUT2D eigenvalue weighted by molar-refractivity contribution is -0.126. The summed E-state index contributed by atoms with van der Waals surface area (Å²) < 4.78 is 0. The van der Waals surface area contributed by atoms with Gasteiger partial charge in [-0.3, -0.25) is 4.79 Å². The standard InChI is InChI=1S/C13H14N2O/c14-8-13(6-10(16)7-13)12-5-9-3-1-2-4-11(9)15-12/h5,15H,1-4,6-7H2. The van der Waals surface area contributed by atoms with Gasteiger partial charge in [0.1, 0.15) is 11.2 Å². The van der Waals surface area contributed by atoms with Crippen LogP contribution in [-0.4, -0.2) is 10.8 Å². The number of carbonyl (C=O) groups excluding carboxylic acids is 1. The number of fused-ring (bicyclic) bond motifs is 1. The number of hydrogen-bond donors (Lipinski definition) is 1. The van der Waals surface area contributed by atoms with E-state index in [4.69, 9.17) is 0 Å². The number of nitriles is 1. The highest BCUT2D eigenvalue weighted by Gasteiger charge is 2.46. The van der Waals surface area contributed by atoms with E-state index in [1.807, 2.05) is 0 Å². The molecule has 1 saturated carbocycles. The third kappa shape index (κ3) is 1.23. The van der Waals surface area contributed by atoms with E-state index in [1.54, 1.807) is 0 Å². The summed E-state index contributed by atoms with van der Waals surface area (Å²) in [7, 11) is 0. The monoisotopic (exact) mass is 214 g/mol. The molecule has 3 rings (SSSR count). The quantitative estimate of drug-likeness (QED) is 0.777. The van der Waals surface area contributed by atoms with Crippen molar-refractivity contribution in [1.82, 2.24) is 4.98 Å². The van der Waals surface area contributed by atoms with Gasteiger partial charge < -0.3 is 4.98 Å². The zero-order valence-corrected chi connectivity index (χ0v) is 9.18. The van der Waals surface area contributed by atoms with Crippen molar-refractivity contribution >= 4 is 5.78 Å². The minimum absolute atomic E-state index is 0.203. The highest BCUT2D eigenvalue weighted by Crippen LogP contribution is 2.41. The first kappa shape index (κ1) is 9.65. The molecule has 1 fully saturated rings. The van der Waals surface area contributed by atoms with Crippen LogP contribution in [0.15, 0.2) is 6.07 Å². The van der Waals surface area contributed by atoms with Gasteiger partial charge in [0.15, 0.2) is 0 Å². The molecule has 1 N–H and O–H groups in total. The number of hydrogen-bond acceptors (Lipinski definition) is 2.